The molecule has 42 heavy (non-hydrogen) atoms. The Bertz CT molecular complexity index is 1450. The molecule has 3 atom stereocenters. The second-order valence-electron chi connectivity index (χ2n) is 10.9. The van der Waals surface area contributed by atoms with E-state index < -0.39 is 30.4 Å². The smallest absolute Gasteiger partial charge is 0.251 e. The molecule has 0 radical (unpaired) electrons. The van der Waals surface area contributed by atoms with Gasteiger partial charge in [-0.1, -0.05) is 24.3 Å². The molecule has 1 aliphatic carbocycles. The largest absolute Gasteiger partial charge is 0.381 e. The van der Waals surface area contributed by atoms with Crippen molar-refractivity contribution in [2.24, 2.45) is 18.0 Å². The van der Waals surface area contributed by atoms with Crippen molar-refractivity contribution in [3.05, 3.63) is 99.3 Å². The molecular weight excluding hydrogens is 548 g/mol. The van der Waals surface area contributed by atoms with Crippen molar-refractivity contribution in [2.45, 2.75) is 39.4 Å². The number of halogens is 4. The predicted octanol–water partition coefficient (Wildman–Crippen LogP) is 5.20. The number of nitrogens with one attached hydrogen (secondary N) is 1. The van der Waals surface area contributed by atoms with Crippen molar-refractivity contribution >= 4 is 12.0 Å². The van der Waals surface area contributed by atoms with Crippen LogP contribution in [0.5, 0.6) is 0 Å². The average Bonchev–Trinajstić information content (AvgIpc) is 2.95. The number of aryl methyl sites for hydroxylation is 2. The lowest BCUT2D eigenvalue weighted by Crippen LogP contribution is -2.49. The zero-order valence-electron chi connectivity index (χ0n) is 24.6. The van der Waals surface area contributed by atoms with Crippen LogP contribution in [0.3, 0.4) is 0 Å². The molecule has 226 valence electrons. The zero-order valence-corrected chi connectivity index (χ0v) is 24.6. The third kappa shape index (κ3) is 6.55. The Morgan fingerprint density at radius 1 is 1.05 bits per heavy atom. The van der Waals surface area contributed by atoms with Crippen LogP contribution in [0.15, 0.2) is 82.0 Å². The number of nitrogens with zero attached hydrogens (tertiary/aromatic N) is 5. The highest BCUT2D eigenvalue weighted by molar-refractivity contribution is 5.78. The summed E-state index contributed by atoms with van der Waals surface area (Å²) in [5.41, 5.74) is 2.89. The predicted molar refractivity (Wildman–Crippen MR) is 159 cm³/mol. The van der Waals surface area contributed by atoms with E-state index in [1.165, 1.54) is 12.1 Å². The molecule has 1 saturated heterocycles. The lowest BCUT2D eigenvalue weighted by molar-refractivity contribution is 0.0470. The highest BCUT2D eigenvalue weighted by Gasteiger charge is 2.38. The van der Waals surface area contributed by atoms with E-state index in [0.717, 1.165) is 34.3 Å². The lowest BCUT2D eigenvalue weighted by atomic mass is 9.93. The number of aliphatic imine (C=N–C) groups is 1. The van der Waals surface area contributed by atoms with Crippen molar-refractivity contribution in [3.8, 4) is 0 Å². The topological polar surface area (TPSA) is 56.1 Å². The summed E-state index contributed by atoms with van der Waals surface area (Å²) in [5.74, 6) is -1.48. The van der Waals surface area contributed by atoms with Crippen molar-refractivity contribution in [1.29, 1.82) is 0 Å². The molecule has 7 nitrogen and oxygen atoms in total. The van der Waals surface area contributed by atoms with Crippen LogP contribution in [0.1, 0.15) is 29.7 Å². The van der Waals surface area contributed by atoms with E-state index in [1.54, 1.807) is 30.8 Å². The molecule has 2 aliphatic heterocycles. The Labute approximate surface area is 244 Å². The van der Waals surface area contributed by atoms with Crippen molar-refractivity contribution in [3.63, 3.8) is 0 Å². The minimum absolute atomic E-state index is 0.0630. The van der Waals surface area contributed by atoms with Crippen LogP contribution in [0.4, 0.5) is 23.4 Å². The Morgan fingerprint density at radius 3 is 2.38 bits per heavy atom. The van der Waals surface area contributed by atoms with Crippen molar-refractivity contribution < 1.29 is 17.6 Å². The molecule has 3 heterocycles. The van der Waals surface area contributed by atoms with Gasteiger partial charge in [0.05, 0.1) is 24.0 Å². The van der Waals surface area contributed by atoms with Gasteiger partial charge in [0.15, 0.2) is 6.17 Å². The fourth-order valence-electron chi connectivity index (χ4n) is 5.38. The second kappa shape index (κ2) is 12.9. The van der Waals surface area contributed by atoms with Gasteiger partial charge in [0.25, 0.3) is 5.56 Å². The molecule has 3 aliphatic rings. The maximum atomic E-state index is 14.4. The molecule has 1 aromatic rings. The summed E-state index contributed by atoms with van der Waals surface area (Å²) in [6, 6.07) is 6.46. The number of allylic oxidation sites excluding steroid dienone is 5. The number of piperazine rings is 1. The first-order chi connectivity index (χ1) is 19.9. The van der Waals surface area contributed by atoms with E-state index in [2.05, 4.69) is 26.7 Å². The zero-order chi connectivity index (χ0) is 30.7. The molecule has 0 spiro atoms. The van der Waals surface area contributed by atoms with E-state index in [0.29, 0.717) is 32.0 Å². The molecule has 0 bridgehead atoms. The SMILES string of the molecule is C=C1C=NC=C(N2CCN(c3cc(C)c([C@@H](C)NC4=CC=C(F)C(F)C4C(F)F)cc(C)ccc(=O)n3C)CC2)N1C. The fraction of sp³-hybridized carbons (Fsp3) is 0.419. The summed E-state index contributed by atoms with van der Waals surface area (Å²) < 4.78 is 57.3. The minimum Gasteiger partial charge on any atom is -0.381 e. The fourth-order valence-corrected chi connectivity index (χ4v) is 5.38. The van der Waals surface area contributed by atoms with E-state index in [1.807, 2.05) is 44.1 Å². The van der Waals surface area contributed by atoms with Gasteiger partial charge in [-0.05, 0) is 50.1 Å². The Morgan fingerprint density at radius 2 is 1.71 bits per heavy atom. The average molecular weight is 587 g/mol. The first kappa shape index (κ1) is 30.9. The number of hydrogen-bond acceptors (Lipinski definition) is 6. The number of aromatic nitrogens is 1. The van der Waals surface area contributed by atoms with E-state index >= 15 is 0 Å². The molecule has 11 heteroatoms. The van der Waals surface area contributed by atoms with E-state index in [4.69, 9.17) is 0 Å². The first-order valence-electron chi connectivity index (χ1n) is 13.9. The molecule has 1 fully saturated rings. The van der Waals surface area contributed by atoms with Crippen LogP contribution >= 0.6 is 0 Å². The molecule has 0 amide bonds. The minimum atomic E-state index is -3.08. The van der Waals surface area contributed by atoms with Gasteiger partial charge in [-0.3, -0.25) is 14.4 Å². The third-order valence-electron chi connectivity index (χ3n) is 7.94. The van der Waals surface area contributed by atoms with Crippen LogP contribution in [-0.4, -0.2) is 66.4 Å². The number of alkyl halides is 3. The Kier molecular flexibility index (Phi) is 9.48. The molecular formula is C31H38F4N6O. The normalized spacial score (nSPS) is 21.5. The summed E-state index contributed by atoms with van der Waals surface area (Å²) >= 11 is 0. The maximum absolute atomic E-state index is 14.4. The summed E-state index contributed by atoms with van der Waals surface area (Å²) in [6.07, 6.45) is 0.0924. The van der Waals surface area contributed by atoms with Gasteiger partial charge < -0.3 is 20.0 Å². The maximum Gasteiger partial charge on any atom is 0.251 e. The molecule has 0 aromatic carbocycles. The number of anilines is 1. The van der Waals surface area contributed by atoms with Gasteiger partial charge in [0.1, 0.15) is 17.5 Å². The van der Waals surface area contributed by atoms with Gasteiger partial charge in [0, 0.05) is 58.1 Å². The second-order valence-corrected chi connectivity index (χ2v) is 10.9. The molecule has 2 unspecified atom stereocenters. The van der Waals surface area contributed by atoms with E-state index in [9.17, 15) is 22.4 Å². The van der Waals surface area contributed by atoms with Crippen LogP contribution in [0.2, 0.25) is 0 Å². The summed E-state index contributed by atoms with van der Waals surface area (Å²) in [7, 11) is 3.67. The standard InChI is InChI=1S/C31H38F4N6O/c1-19-7-10-28(42)39(6)26(40-11-13-41(14-12-40)27-18-36-17-21(3)38(27)5)16-20(2)23(15-19)22(4)37-25-9-8-24(32)30(33)29(25)31(34)35/h7-10,15-18,22,29-31,37H,3,11-14H2,1-2,4-6H3/t22-,29?,30?/m1/s1. The molecule has 1 N–H and O–H groups in total. The highest BCUT2D eigenvalue weighted by Crippen LogP contribution is 2.34. The molecule has 4 rings (SSSR count). The summed E-state index contributed by atoms with van der Waals surface area (Å²) in [4.78, 5) is 23.7. The van der Waals surface area contributed by atoms with Crippen LogP contribution in [0.25, 0.3) is 0 Å². The van der Waals surface area contributed by atoms with E-state index in [-0.39, 0.29) is 11.3 Å². The Hall–Kier alpha value is -4.02. The molecule has 0 saturated carbocycles. The number of hydrogen-bond donors (Lipinski definition) is 1. The quantitative estimate of drug-likeness (QED) is 0.465. The third-order valence-corrected chi connectivity index (χ3v) is 7.94. The van der Waals surface area contributed by atoms with Gasteiger partial charge in [-0.25, -0.2) is 17.6 Å². The van der Waals surface area contributed by atoms with Gasteiger partial charge in [-0.15, -0.1) is 0 Å². The van der Waals surface area contributed by atoms with Gasteiger partial charge >= 0.3 is 0 Å². The lowest BCUT2D eigenvalue weighted by Gasteiger charge is -2.41. The van der Waals surface area contributed by atoms with Crippen molar-refractivity contribution in [2.75, 3.05) is 38.1 Å². The molecule has 1 aromatic heterocycles. The van der Waals surface area contributed by atoms with Crippen LogP contribution in [0, 0.1) is 19.8 Å². The number of rotatable bonds is 6. The van der Waals surface area contributed by atoms with Gasteiger partial charge in [0.2, 0.25) is 6.43 Å². The highest BCUT2D eigenvalue weighted by atomic mass is 19.3. The summed E-state index contributed by atoms with van der Waals surface area (Å²) in [6.45, 7) is 12.2. The first-order valence-corrected chi connectivity index (χ1v) is 13.9. The van der Waals surface area contributed by atoms with Gasteiger partial charge in [-0.2, -0.15) is 0 Å². The van der Waals surface area contributed by atoms with Crippen molar-refractivity contribution in [1.82, 2.24) is 19.7 Å². The monoisotopic (exact) mass is 586 g/mol. The Balaban J connectivity index is 1.69. The summed E-state index contributed by atoms with van der Waals surface area (Å²) in [5, 5.41) is 3.01. The van der Waals surface area contributed by atoms with Crippen LogP contribution in [-0.2, 0) is 7.05 Å². The van der Waals surface area contributed by atoms with Crippen LogP contribution < -0.4 is 15.8 Å².